The van der Waals surface area contributed by atoms with E-state index in [-0.39, 0.29) is 6.61 Å². The van der Waals surface area contributed by atoms with Crippen molar-refractivity contribution in [2.75, 3.05) is 0 Å². The molecule has 3 N–H and O–H groups in total. The molecule has 0 aliphatic carbocycles. The Balaban J connectivity index is 2.83. The van der Waals surface area contributed by atoms with Crippen LogP contribution in [0.1, 0.15) is 37.9 Å². The van der Waals surface area contributed by atoms with Crippen molar-refractivity contribution in [3.8, 4) is 0 Å². The molecule has 1 amide bonds. The Morgan fingerprint density at radius 2 is 1.80 bits per heavy atom. The first kappa shape index (κ1) is 16.0. The van der Waals surface area contributed by atoms with Crippen LogP contribution in [0.5, 0.6) is 0 Å². The van der Waals surface area contributed by atoms with E-state index in [0.29, 0.717) is 11.1 Å². The molecule has 0 spiro atoms. The number of aliphatic hydroxyl groups is 1. The van der Waals surface area contributed by atoms with Gasteiger partial charge in [-0.1, -0.05) is 24.3 Å². The molecule has 6 nitrogen and oxygen atoms in total. The Morgan fingerprint density at radius 1 is 1.25 bits per heavy atom. The number of nitrogens with one attached hydrogen (secondary N) is 1. The number of rotatable bonds is 4. The number of carboxylic acid groups (broad SMARTS) is 1. The van der Waals surface area contributed by atoms with Gasteiger partial charge in [0.15, 0.2) is 6.04 Å². The van der Waals surface area contributed by atoms with Crippen molar-refractivity contribution >= 4 is 12.1 Å². The monoisotopic (exact) mass is 281 g/mol. The van der Waals surface area contributed by atoms with E-state index < -0.39 is 23.7 Å². The number of amides is 1. The molecular weight excluding hydrogens is 262 g/mol. The smallest absolute Gasteiger partial charge is 0.408 e. The Bertz CT molecular complexity index is 475. The maximum Gasteiger partial charge on any atom is 0.408 e. The van der Waals surface area contributed by atoms with Crippen molar-refractivity contribution in [3.05, 3.63) is 35.4 Å². The summed E-state index contributed by atoms with van der Waals surface area (Å²) in [5.74, 6) is -1.19. The van der Waals surface area contributed by atoms with Crippen LogP contribution >= 0.6 is 0 Å². The molecule has 0 bridgehead atoms. The highest BCUT2D eigenvalue weighted by Gasteiger charge is 2.25. The first-order chi connectivity index (χ1) is 9.23. The van der Waals surface area contributed by atoms with Crippen molar-refractivity contribution in [2.45, 2.75) is 39.0 Å². The first-order valence-electron chi connectivity index (χ1n) is 6.15. The summed E-state index contributed by atoms with van der Waals surface area (Å²) in [6.07, 6.45) is -0.795. The van der Waals surface area contributed by atoms with Gasteiger partial charge in [-0.25, -0.2) is 9.59 Å². The molecule has 0 radical (unpaired) electrons. The average Bonchev–Trinajstić information content (AvgIpc) is 2.34. The minimum atomic E-state index is -1.20. The summed E-state index contributed by atoms with van der Waals surface area (Å²) in [6, 6.07) is 5.09. The molecule has 0 aliphatic rings. The maximum atomic E-state index is 11.6. The van der Waals surface area contributed by atoms with E-state index in [0.717, 1.165) is 0 Å². The standard InChI is InChI=1S/C14H19NO5/c1-14(2,3)20-13(19)15-11(12(17)18)10-6-4-9(8-16)5-7-10/h4-7,11,16H,8H2,1-3H3,(H,15,19)(H,17,18). The van der Waals surface area contributed by atoms with Crippen molar-refractivity contribution in [1.29, 1.82) is 0 Å². The summed E-state index contributed by atoms with van der Waals surface area (Å²) in [5, 5.41) is 20.4. The largest absolute Gasteiger partial charge is 0.479 e. The number of carboxylic acids is 1. The van der Waals surface area contributed by atoms with Gasteiger partial charge < -0.3 is 20.3 Å². The molecule has 0 aromatic heterocycles. The van der Waals surface area contributed by atoms with Crippen molar-refractivity contribution in [1.82, 2.24) is 5.32 Å². The third-order valence-electron chi connectivity index (χ3n) is 2.40. The minimum absolute atomic E-state index is 0.127. The van der Waals surface area contributed by atoms with Crippen LogP contribution in [0.15, 0.2) is 24.3 Å². The van der Waals surface area contributed by atoms with Crippen LogP contribution in [0.2, 0.25) is 0 Å². The van der Waals surface area contributed by atoms with E-state index in [1.807, 2.05) is 0 Å². The normalized spacial score (nSPS) is 12.6. The first-order valence-corrected chi connectivity index (χ1v) is 6.15. The molecule has 6 heteroatoms. The second kappa shape index (κ2) is 6.38. The van der Waals surface area contributed by atoms with Crippen LogP contribution in [-0.2, 0) is 16.1 Å². The Labute approximate surface area is 117 Å². The molecular formula is C14H19NO5. The van der Waals surface area contributed by atoms with Crippen LogP contribution in [-0.4, -0.2) is 27.9 Å². The Kier molecular flexibility index (Phi) is 5.10. The quantitative estimate of drug-likeness (QED) is 0.782. The zero-order chi connectivity index (χ0) is 15.3. The summed E-state index contributed by atoms with van der Waals surface area (Å²) in [5.41, 5.74) is 0.365. The van der Waals surface area contributed by atoms with E-state index in [1.54, 1.807) is 45.0 Å². The molecule has 20 heavy (non-hydrogen) atoms. The predicted octanol–water partition coefficient (Wildman–Crippen LogP) is 1.83. The summed E-state index contributed by atoms with van der Waals surface area (Å²) in [4.78, 5) is 22.9. The third-order valence-corrected chi connectivity index (χ3v) is 2.40. The summed E-state index contributed by atoms with van der Waals surface area (Å²) in [6.45, 7) is 4.95. The number of hydrogen-bond donors (Lipinski definition) is 3. The van der Waals surface area contributed by atoms with Gasteiger partial charge in [0.25, 0.3) is 0 Å². The lowest BCUT2D eigenvalue weighted by atomic mass is 10.1. The SMILES string of the molecule is CC(C)(C)OC(=O)NC(C(=O)O)c1ccc(CO)cc1. The number of carbonyl (C=O) groups is 2. The lowest BCUT2D eigenvalue weighted by molar-refractivity contribution is -0.139. The molecule has 0 saturated carbocycles. The number of hydrogen-bond acceptors (Lipinski definition) is 4. The van der Waals surface area contributed by atoms with Gasteiger partial charge in [0.2, 0.25) is 0 Å². The molecule has 0 saturated heterocycles. The molecule has 1 unspecified atom stereocenters. The number of benzene rings is 1. The number of carbonyl (C=O) groups excluding carboxylic acids is 1. The van der Waals surface area contributed by atoms with Crippen LogP contribution in [0, 0.1) is 0 Å². The highest BCUT2D eigenvalue weighted by molar-refractivity contribution is 5.81. The van der Waals surface area contributed by atoms with Crippen LogP contribution in [0.3, 0.4) is 0 Å². The lowest BCUT2D eigenvalue weighted by Crippen LogP contribution is -2.38. The van der Waals surface area contributed by atoms with Crippen LogP contribution in [0.25, 0.3) is 0 Å². The lowest BCUT2D eigenvalue weighted by Gasteiger charge is -2.22. The topological polar surface area (TPSA) is 95.9 Å². The van der Waals surface area contributed by atoms with E-state index in [2.05, 4.69) is 5.32 Å². The average molecular weight is 281 g/mol. The van der Waals surface area contributed by atoms with Gasteiger partial charge in [0.05, 0.1) is 6.61 Å². The number of alkyl carbamates (subject to hydrolysis) is 1. The highest BCUT2D eigenvalue weighted by atomic mass is 16.6. The molecule has 1 aromatic rings. The Hall–Kier alpha value is -2.08. The molecule has 0 aliphatic heterocycles. The molecule has 1 atom stereocenters. The van der Waals surface area contributed by atoms with Crippen molar-refractivity contribution in [3.63, 3.8) is 0 Å². The van der Waals surface area contributed by atoms with E-state index >= 15 is 0 Å². The zero-order valence-corrected chi connectivity index (χ0v) is 11.7. The Morgan fingerprint density at radius 3 is 2.20 bits per heavy atom. The van der Waals surface area contributed by atoms with E-state index in [4.69, 9.17) is 9.84 Å². The zero-order valence-electron chi connectivity index (χ0n) is 11.7. The van der Waals surface area contributed by atoms with Crippen molar-refractivity contribution in [2.24, 2.45) is 0 Å². The summed E-state index contributed by atoms with van der Waals surface area (Å²) < 4.78 is 5.03. The van der Waals surface area contributed by atoms with Gasteiger partial charge in [-0.15, -0.1) is 0 Å². The van der Waals surface area contributed by atoms with Gasteiger partial charge >= 0.3 is 12.1 Å². The number of aliphatic carboxylic acids is 1. The summed E-state index contributed by atoms with van der Waals surface area (Å²) in [7, 11) is 0. The van der Waals surface area contributed by atoms with Gasteiger partial charge in [-0.3, -0.25) is 0 Å². The van der Waals surface area contributed by atoms with E-state index in [1.165, 1.54) is 0 Å². The maximum absolute atomic E-state index is 11.6. The van der Waals surface area contributed by atoms with E-state index in [9.17, 15) is 14.7 Å². The highest BCUT2D eigenvalue weighted by Crippen LogP contribution is 2.16. The molecule has 1 aromatic carbocycles. The second-order valence-electron chi connectivity index (χ2n) is 5.32. The summed E-state index contributed by atoms with van der Waals surface area (Å²) >= 11 is 0. The van der Waals surface area contributed by atoms with Gasteiger partial charge in [0.1, 0.15) is 5.60 Å². The van der Waals surface area contributed by atoms with Crippen molar-refractivity contribution < 1.29 is 24.5 Å². The minimum Gasteiger partial charge on any atom is -0.479 e. The second-order valence-corrected chi connectivity index (χ2v) is 5.32. The number of aliphatic hydroxyl groups excluding tert-OH is 1. The van der Waals surface area contributed by atoms with Crippen LogP contribution < -0.4 is 5.32 Å². The van der Waals surface area contributed by atoms with Gasteiger partial charge in [-0.2, -0.15) is 0 Å². The molecule has 0 heterocycles. The molecule has 0 fully saturated rings. The van der Waals surface area contributed by atoms with Crippen LogP contribution in [0.4, 0.5) is 4.79 Å². The number of ether oxygens (including phenoxy) is 1. The molecule has 1 rings (SSSR count). The van der Waals surface area contributed by atoms with Gasteiger partial charge in [0, 0.05) is 0 Å². The fraction of sp³-hybridized carbons (Fsp3) is 0.429. The predicted molar refractivity (Wildman–Crippen MR) is 72.1 cm³/mol. The fourth-order valence-corrected chi connectivity index (χ4v) is 1.53. The van der Waals surface area contributed by atoms with Gasteiger partial charge in [-0.05, 0) is 31.9 Å². The fourth-order valence-electron chi connectivity index (χ4n) is 1.53. The third kappa shape index (κ3) is 4.89. The molecule has 110 valence electrons.